The molecule has 2 aromatic carbocycles. The molecule has 2 aromatic heterocycles. The molecule has 0 unspecified atom stereocenters. The molecule has 7 heteroatoms. The Morgan fingerprint density at radius 1 is 0.879 bits per heavy atom. The molecule has 0 aliphatic heterocycles. The third-order valence-corrected chi connectivity index (χ3v) is 6.51. The number of sulfone groups is 1. The standard InChI is InChI=1S/C26H23N3O3S/c1-18-8-9-21(14-25(18)33(2,31)32)26(30)29-17-24-13-20(10-11-28-24)23-12-22(15-27-16-23)19-6-4-3-5-7-19/h3-16H,17H2,1-2H3,(H,29,30). The van der Waals surface area contributed by atoms with Crippen molar-refractivity contribution in [1.82, 2.24) is 15.3 Å². The summed E-state index contributed by atoms with van der Waals surface area (Å²) in [6.45, 7) is 1.91. The van der Waals surface area contributed by atoms with E-state index in [1.54, 1.807) is 31.5 Å². The molecule has 0 atom stereocenters. The molecule has 166 valence electrons. The lowest BCUT2D eigenvalue weighted by Crippen LogP contribution is -2.23. The van der Waals surface area contributed by atoms with Crippen LogP contribution in [0.1, 0.15) is 21.6 Å². The molecule has 33 heavy (non-hydrogen) atoms. The molecular weight excluding hydrogens is 434 g/mol. The molecule has 0 fully saturated rings. The highest BCUT2D eigenvalue weighted by molar-refractivity contribution is 7.90. The number of aryl methyl sites for hydroxylation is 1. The average molecular weight is 458 g/mol. The predicted octanol–water partition coefficient (Wildman–Crippen LogP) is 4.45. The minimum absolute atomic E-state index is 0.154. The first kappa shape index (κ1) is 22.4. The zero-order valence-electron chi connectivity index (χ0n) is 18.3. The third kappa shape index (κ3) is 5.32. The van der Waals surface area contributed by atoms with E-state index in [1.165, 1.54) is 6.07 Å². The van der Waals surface area contributed by atoms with E-state index < -0.39 is 9.84 Å². The predicted molar refractivity (Wildman–Crippen MR) is 128 cm³/mol. The fourth-order valence-electron chi connectivity index (χ4n) is 3.55. The largest absolute Gasteiger partial charge is 0.346 e. The van der Waals surface area contributed by atoms with E-state index in [0.29, 0.717) is 11.3 Å². The van der Waals surface area contributed by atoms with E-state index in [1.807, 2.05) is 48.7 Å². The lowest BCUT2D eigenvalue weighted by atomic mass is 10.0. The maximum Gasteiger partial charge on any atom is 0.251 e. The van der Waals surface area contributed by atoms with Crippen molar-refractivity contribution < 1.29 is 13.2 Å². The Morgan fingerprint density at radius 3 is 2.33 bits per heavy atom. The fourth-order valence-corrected chi connectivity index (χ4v) is 4.55. The van der Waals surface area contributed by atoms with Crippen molar-refractivity contribution in [2.45, 2.75) is 18.4 Å². The van der Waals surface area contributed by atoms with Gasteiger partial charge in [-0.2, -0.15) is 0 Å². The molecule has 1 amide bonds. The normalized spacial score (nSPS) is 11.2. The van der Waals surface area contributed by atoms with Gasteiger partial charge in [0, 0.05) is 41.5 Å². The van der Waals surface area contributed by atoms with Crippen LogP contribution in [0.5, 0.6) is 0 Å². The van der Waals surface area contributed by atoms with Crippen LogP contribution >= 0.6 is 0 Å². The Bertz CT molecular complexity index is 1420. The number of rotatable bonds is 6. The van der Waals surface area contributed by atoms with E-state index in [4.69, 9.17) is 0 Å². The van der Waals surface area contributed by atoms with Crippen LogP contribution in [0.4, 0.5) is 0 Å². The van der Waals surface area contributed by atoms with E-state index in [9.17, 15) is 13.2 Å². The van der Waals surface area contributed by atoms with Gasteiger partial charge in [0.1, 0.15) is 0 Å². The number of aromatic nitrogens is 2. The summed E-state index contributed by atoms with van der Waals surface area (Å²) in [6, 6.07) is 20.6. The summed E-state index contributed by atoms with van der Waals surface area (Å²) in [5.41, 5.74) is 5.56. The van der Waals surface area contributed by atoms with Gasteiger partial charge in [-0.3, -0.25) is 14.8 Å². The molecule has 0 radical (unpaired) electrons. The number of hydrogen-bond donors (Lipinski definition) is 1. The lowest BCUT2D eigenvalue weighted by Gasteiger charge is -2.10. The van der Waals surface area contributed by atoms with Gasteiger partial charge in [-0.1, -0.05) is 36.4 Å². The molecule has 4 aromatic rings. The molecule has 6 nitrogen and oxygen atoms in total. The van der Waals surface area contributed by atoms with Crippen LogP contribution < -0.4 is 5.32 Å². The van der Waals surface area contributed by atoms with Crippen molar-refractivity contribution in [2.24, 2.45) is 0 Å². The first-order valence-electron chi connectivity index (χ1n) is 10.4. The Labute approximate surface area is 193 Å². The summed E-state index contributed by atoms with van der Waals surface area (Å²) in [5, 5.41) is 2.82. The Morgan fingerprint density at radius 2 is 1.61 bits per heavy atom. The van der Waals surface area contributed by atoms with Gasteiger partial charge in [-0.05, 0) is 53.9 Å². The summed E-state index contributed by atoms with van der Waals surface area (Å²) in [7, 11) is -3.41. The second-order valence-corrected chi connectivity index (χ2v) is 9.78. The molecular formula is C26H23N3O3S. The number of hydrogen-bond acceptors (Lipinski definition) is 5. The molecule has 4 rings (SSSR count). The summed E-state index contributed by atoms with van der Waals surface area (Å²) < 4.78 is 23.9. The van der Waals surface area contributed by atoms with Crippen LogP contribution in [0.2, 0.25) is 0 Å². The highest BCUT2D eigenvalue weighted by Crippen LogP contribution is 2.25. The van der Waals surface area contributed by atoms with Crippen LogP contribution in [-0.4, -0.2) is 30.5 Å². The van der Waals surface area contributed by atoms with E-state index in [-0.39, 0.29) is 22.9 Å². The first-order valence-corrected chi connectivity index (χ1v) is 12.2. The number of carbonyl (C=O) groups is 1. The van der Waals surface area contributed by atoms with Gasteiger partial charge < -0.3 is 5.32 Å². The minimum Gasteiger partial charge on any atom is -0.346 e. The Hall–Kier alpha value is -3.84. The maximum absolute atomic E-state index is 12.6. The van der Waals surface area contributed by atoms with Gasteiger partial charge in [0.25, 0.3) is 5.91 Å². The third-order valence-electron chi connectivity index (χ3n) is 5.28. The number of nitrogens with zero attached hydrogens (tertiary/aromatic N) is 2. The molecule has 0 aliphatic carbocycles. The van der Waals surface area contributed by atoms with Gasteiger partial charge in [0.2, 0.25) is 0 Å². The number of carbonyl (C=O) groups excluding carboxylic acids is 1. The van der Waals surface area contributed by atoms with Crippen molar-refractivity contribution in [3.05, 3.63) is 102 Å². The van der Waals surface area contributed by atoms with E-state index in [2.05, 4.69) is 21.4 Å². The van der Waals surface area contributed by atoms with Crippen molar-refractivity contribution in [1.29, 1.82) is 0 Å². The molecule has 0 aliphatic rings. The molecule has 1 N–H and O–H groups in total. The molecule has 0 spiro atoms. The second kappa shape index (κ2) is 9.34. The SMILES string of the molecule is Cc1ccc(C(=O)NCc2cc(-c3cncc(-c4ccccc4)c3)ccn2)cc1S(C)(=O)=O. The monoisotopic (exact) mass is 457 g/mol. The van der Waals surface area contributed by atoms with Crippen LogP contribution in [-0.2, 0) is 16.4 Å². The summed E-state index contributed by atoms with van der Waals surface area (Å²) in [5.74, 6) is -0.361. The topological polar surface area (TPSA) is 89.0 Å². The Balaban J connectivity index is 1.51. The number of amides is 1. The number of benzene rings is 2. The van der Waals surface area contributed by atoms with Crippen molar-refractivity contribution in [3.63, 3.8) is 0 Å². The Kier molecular flexibility index (Phi) is 6.33. The lowest BCUT2D eigenvalue weighted by molar-refractivity contribution is 0.0950. The van der Waals surface area contributed by atoms with Gasteiger partial charge >= 0.3 is 0 Å². The van der Waals surface area contributed by atoms with Crippen molar-refractivity contribution in [2.75, 3.05) is 6.26 Å². The highest BCUT2D eigenvalue weighted by Gasteiger charge is 2.15. The van der Waals surface area contributed by atoms with Gasteiger partial charge in [0.15, 0.2) is 9.84 Å². The number of nitrogens with one attached hydrogen (secondary N) is 1. The second-order valence-electron chi connectivity index (χ2n) is 7.80. The van der Waals surface area contributed by atoms with Crippen LogP contribution in [0, 0.1) is 6.92 Å². The van der Waals surface area contributed by atoms with Crippen molar-refractivity contribution >= 4 is 15.7 Å². The summed E-state index contributed by atoms with van der Waals surface area (Å²) in [6.07, 6.45) is 6.45. The number of pyridine rings is 2. The minimum atomic E-state index is -3.41. The zero-order valence-corrected chi connectivity index (χ0v) is 19.1. The highest BCUT2D eigenvalue weighted by atomic mass is 32.2. The van der Waals surface area contributed by atoms with Gasteiger partial charge in [-0.15, -0.1) is 0 Å². The van der Waals surface area contributed by atoms with Gasteiger partial charge in [-0.25, -0.2) is 8.42 Å². The molecule has 0 bridgehead atoms. The smallest absolute Gasteiger partial charge is 0.251 e. The van der Waals surface area contributed by atoms with Crippen LogP contribution in [0.25, 0.3) is 22.3 Å². The van der Waals surface area contributed by atoms with Gasteiger partial charge in [0.05, 0.1) is 17.1 Å². The average Bonchev–Trinajstić information content (AvgIpc) is 2.83. The first-order chi connectivity index (χ1) is 15.8. The molecule has 0 saturated carbocycles. The van der Waals surface area contributed by atoms with E-state index >= 15 is 0 Å². The maximum atomic E-state index is 12.6. The zero-order chi connectivity index (χ0) is 23.4. The molecule has 2 heterocycles. The van der Waals surface area contributed by atoms with Crippen LogP contribution in [0.15, 0.2) is 90.2 Å². The van der Waals surface area contributed by atoms with Crippen molar-refractivity contribution in [3.8, 4) is 22.3 Å². The van der Waals surface area contributed by atoms with Crippen LogP contribution in [0.3, 0.4) is 0 Å². The summed E-state index contributed by atoms with van der Waals surface area (Å²) >= 11 is 0. The quantitative estimate of drug-likeness (QED) is 0.462. The van der Waals surface area contributed by atoms with E-state index in [0.717, 1.165) is 28.5 Å². The fraction of sp³-hybridized carbons (Fsp3) is 0.115. The summed E-state index contributed by atoms with van der Waals surface area (Å²) in [4.78, 5) is 21.5. The molecule has 0 saturated heterocycles.